The van der Waals surface area contributed by atoms with Gasteiger partial charge in [0.15, 0.2) is 0 Å². The number of pyridine rings is 1. The van der Waals surface area contributed by atoms with Gasteiger partial charge < -0.3 is 9.47 Å². The lowest BCUT2D eigenvalue weighted by atomic mass is 10.0. The zero-order valence-corrected chi connectivity index (χ0v) is 13.0. The number of hydrogen-bond acceptors (Lipinski definition) is 5. The first kappa shape index (κ1) is 15.9. The summed E-state index contributed by atoms with van der Waals surface area (Å²) in [5.74, 6) is -1.08. The number of nitrogens with zero attached hydrogens (tertiary/aromatic N) is 1. The van der Waals surface area contributed by atoms with Gasteiger partial charge in [-0.15, -0.1) is 0 Å². The quantitative estimate of drug-likeness (QED) is 0.793. The van der Waals surface area contributed by atoms with Gasteiger partial charge in [-0.25, -0.2) is 9.59 Å². The predicted molar refractivity (Wildman–Crippen MR) is 83.0 cm³/mol. The van der Waals surface area contributed by atoms with Crippen LogP contribution in [0.2, 0.25) is 0 Å². The second-order valence-electron chi connectivity index (χ2n) is 4.82. The van der Waals surface area contributed by atoms with Gasteiger partial charge >= 0.3 is 11.9 Å². The minimum absolute atomic E-state index is 0.182. The van der Waals surface area contributed by atoms with Gasteiger partial charge in [0.2, 0.25) is 0 Å². The van der Waals surface area contributed by atoms with Crippen molar-refractivity contribution in [2.45, 2.75) is 27.2 Å². The lowest BCUT2D eigenvalue weighted by Gasteiger charge is -2.13. The maximum Gasteiger partial charge on any atom is 0.340 e. The van der Waals surface area contributed by atoms with Crippen LogP contribution >= 0.6 is 0 Å². The molecule has 116 valence electrons. The molecular formula is C17H19NO4. The van der Waals surface area contributed by atoms with Crippen molar-refractivity contribution in [2.24, 2.45) is 0 Å². The molecule has 2 aromatic rings. The molecule has 0 fully saturated rings. The zero-order chi connectivity index (χ0) is 16.1. The first-order chi connectivity index (χ1) is 10.6. The lowest BCUT2D eigenvalue weighted by Crippen LogP contribution is -2.17. The SMILES string of the molecule is CCCOC(=O)c1c(C(=O)OCC)c(C)nc2ccccc12. The molecule has 0 saturated carbocycles. The number of ether oxygens (including phenoxy) is 2. The van der Waals surface area contributed by atoms with Gasteiger partial charge in [0.25, 0.3) is 0 Å². The maximum atomic E-state index is 12.4. The summed E-state index contributed by atoms with van der Waals surface area (Å²) in [6.07, 6.45) is 0.711. The summed E-state index contributed by atoms with van der Waals surface area (Å²) in [7, 11) is 0. The van der Waals surface area contributed by atoms with Crippen LogP contribution in [-0.4, -0.2) is 30.1 Å². The fourth-order valence-electron chi connectivity index (χ4n) is 2.27. The first-order valence-electron chi connectivity index (χ1n) is 7.33. The van der Waals surface area contributed by atoms with Crippen LogP contribution in [0.25, 0.3) is 10.9 Å². The Bertz CT molecular complexity index is 709. The van der Waals surface area contributed by atoms with E-state index in [9.17, 15) is 9.59 Å². The van der Waals surface area contributed by atoms with Crippen LogP contribution in [0.5, 0.6) is 0 Å². The Kier molecular flexibility index (Phi) is 5.09. The molecule has 0 bridgehead atoms. The number of carbonyl (C=O) groups excluding carboxylic acids is 2. The van der Waals surface area contributed by atoms with E-state index in [2.05, 4.69) is 4.98 Å². The average Bonchev–Trinajstić information content (AvgIpc) is 2.51. The van der Waals surface area contributed by atoms with Crippen LogP contribution in [0.4, 0.5) is 0 Å². The molecule has 22 heavy (non-hydrogen) atoms. The Balaban J connectivity index is 2.67. The van der Waals surface area contributed by atoms with Crippen molar-refractivity contribution in [3.05, 3.63) is 41.1 Å². The van der Waals surface area contributed by atoms with E-state index in [1.807, 2.05) is 13.0 Å². The summed E-state index contributed by atoms with van der Waals surface area (Å²) in [6.45, 7) is 5.85. The smallest absolute Gasteiger partial charge is 0.340 e. The molecule has 5 heteroatoms. The summed E-state index contributed by atoms with van der Waals surface area (Å²) in [5.41, 5.74) is 1.52. The van der Waals surface area contributed by atoms with Gasteiger partial charge in [-0.1, -0.05) is 25.1 Å². The average molecular weight is 301 g/mol. The van der Waals surface area contributed by atoms with E-state index < -0.39 is 11.9 Å². The minimum Gasteiger partial charge on any atom is -0.462 e. The Morgan fingerprint density at radius 3 is 2.41 bits per heavy atom. The number of rotatable bonds is 5. The number of hydrogen-bond donors (Lipinski definition) is 0. The first-order valence-corrected chi connectivity index (χ1v) is 7.33. The molecule has 0 amide bonds. The number of para-hydroxylation sites is 1. The molecule has 0 aliphatic rings. The molecule has 2 rings (SSSR count). The number of benzene rings is 1. The second kappa shape index (κ2) is 7.02. The van der Waals surface area contributed by atoms with Gasteiger partial charge in [0.05, 0.1) is 35.6 Å². The maximum absolute atomic E-state index is 12.4. The van der Waals surface area contributed by atoms with Gasteiger partial charge in [0.1, 0.15) is 0 Å². The number of carbonyl (C=O) groups is 2. The number of fused-ring (bicyclic) bond motifs is 1. The highest BCUT2D eigenvalue weighted by Gasteiger charge is 2.25. The molecule has 0 aliphatic carbocycles. The highest BCUT2D eigenvalue weighted by molar-refractivity contribution is 6.12. The topological polar surface area (TPSA) is 65.5 Å². The molecule has 1 aromatic heterocycles. The summed E-state index contributed by atoms with van der Waals surface area (Å²) < 4.78 is 10.3. The van der Waals surface area contributed by atoms with Crippen molar-refractivity contribution in [3.63, 3.8) is 0 Å². The summed E-state index contributed by atoms with van der Waals surface area (Å²) in [6, 6.07) is 7.19. The number of esters is 2. The molecule has 0 atom stereocenters. The Morgan fingerprint density at radius 1 is 1.05 bits per heavy atom. The molecular weight excluding hydrogens is 282 g/mol. The van der Waals surface area contributed by atoms with E-state index >= 15 is 0 Å². The van der Waals surface area contributed by atoms with Crippen molar-refractivity contribution in [1.29, 1.82) is 0 Å². The van der Waals surface area contributed by atoms with E-state index in [4.69, 9.17) is 9.47 Å². The fourth-order valence-corrected chi connectivity index (χ4v) is 2.27. The van der Waals surface area contributed by atoms with Crippen molar-refractivity contribution >= 4 is 22.8 Å². The molecule has 0 unspecified atom stereocenters. The van der Waals surface area contributed by atoms with Crippen molar-refractivity contribution in [2.75, 3.05) is 13.2 Å². The Morgan fingerprint density at radius 2 is 1.73 bits per heavy atom. The highest BCUT2D eigenvalue weighted by atomic mass is 16.5. The molecule has 5 nitrogen and oxygen atoms in total. The normalized spacial score (nSPS) is 10.5. The predicted octanol–water partition coefficient (Wildman–Crippen LogP) is 3.29. The third kappa shape index (κ3) is 3.08. The van der Waals surface area contributed by atoms with E-state index in [1.54, 1.807) is 32.0 Å². The van der Waals surface area contributed by atoms with Crippen LogP contribution in [0.15, 0.2) is 24.3 Å². The lowest BCUT2D eigenvalue weighted by molar-refractivity contribution is 0.0468. The van der Waals surface area contributed by atoms with E-state index in [-0.39, 0.29) is 17.7 Å². The molecule has 0 saturated heterocycles. The van der Waals surface area contributed by atoms with Crippen LogP contribution in [-0.2, 0) is 9.47 Å². The third-order valence-corrected chi connectivity index (χ3v) is 3.19. The molecule has 1 aromatic carbocycles. The van der Waals surface area contributed by atoms with Gasteiger partial charge in [-0.2, -0.15) is 0 Å². The highest BCUT2D eigenvalue weighted by Crippen LogP contribution is 2.25. The Hall–Kier alpha value is -2.43. The van der Waals surface area contributed by atoms with E-state index in [0.29, 0.717) is 29.6 Å². The monoisotopic (exact) mass is 301 g/mol. The molecule has 0 radical (unpaired) electrons. The van der Waals surface area contributed by atoms with Crippen molar-refractivity contribution in [3.8, 4) is 0 Å². The van der Waals surface area contributed by atoms with Gasteiger partial charge in [-0.3, -0.25) is 4.98 Å². The minimum atomic E-state index is -0.554. The van der Waals surface area contributed by atoms with E-state index in [1.165, 1.54) is 0 Å². The van der Waals surface area contributed by atoms with Gasteiger partial charge in [0, 0.05) is 5.39 Å². The van der Waals surface area contributed by atoms with Crippen LogP contribution in [0.3, 0.4) is 0 Å². The molecule has 1 heterocycles. The summed E-state index contributed by atoms with van der Waals surface area (Å²) >= 11 is 0. The zero-order valence-electron chi connectivity index (χ0n) is 13.0. The largest absolute Gasteiger partial charge is 0.462 e. The van der Waals surface area contributed by atoms with E-state index in [0.717, 1.165) is 0 Å². The van der Waals surface area contributed by atoms with Crippen LogP contribution in [0.1, 0.15) is 46.7 Å². The fraction of sp³-hybridized carbons (Fsp3) is 0.353. The molecule has 0 aliphatic heterocycles. The van der Waals surface area contributed by atoms with Crippen LogP contribution in [0, 0.1) is 6.92 Å². The molecule has 0 spiro atoms. The Labute approximate surface area is 129 Å². The third-order valence-electron chi connectivity index (χ3n) is 3.19. The van der Waals surface area contributed by atoms with Crippen molar-refractivity contribution < 1.29 is 19.1 Å². The number of aryl methyl sites for hydroxylation is 1. The second-order valence-corrected chi connectivity index (χ2v) is 4.82. The van der Waals surface area contributed by atoms with Gasteiger partial charge in [-0.05, 0) is 26.3 Å². The standard InChI is InChI=1S/C17H19NO4/c1-4-10-22-17(20)15-12-8-6-7-9-13(12)18-11(3)14(15)16(19)21-5-2/h6-9H,4-5,10H2,1-3H3. The summed E-state index contributed by atoms with van der Waals surface area (Å²) in [4.78, 5) is 29.1. The van der Waals surface area contributed by atoms with Crippen LogP contribution < -0.4 is 0 Å². The van der Waals surface area contributed by atoms with Crippen molar-refractivity contribution in [1.82, 2.24) is 4.98 Å². The summed E-state index contributed by atoms with van der Waals surface area (Å²) in [5, 5.41) is 0.595. The number of aromatic nitrogens is 1. The molecule has 0 N–H and O–H groups in total.